The van der Waals surface area contributed by atoms with E-state index in [0.717, 1.165) is 41.5 Å². The van der Waals surface area contributed by atoms with Crippen molar-refractivity contribution in [2.24, 2.45) is 0 Å². The molecule has 1 atom stereocenters. The van der Waals surface area contributed by atoms with Crippen LogP contribution in [0.2, 0.25) is 5.02 Å². The maximum Gasteiger partial charge on any atom is 0.138 e. The smallest absolute Gasteiger partial charge is 0.138 e. The average molecular weight is 380 g/mol. The topological polar surface area (TPSA) is 49.4 Å². The van der Waals surface area contributed by atoms with E-state index in [2.05, 4.69) is 0 Å². The van der Waals surface area contributed by atoms with E-state index >= 15 is 0 Å². The predicted octanol–water partition coefficient (Wildman–Crippen LogP) is 4.96. The van der Waals surface area contributed by atoms with E-state index in [1.807, 2.05) is 12.1 Å². The highest BCUT2D eigenvalue weighted by atomic mass is 35.5. The maximum atomic E-state index is 14.2. The Bertz CT molecular complexity index is 864. The van der Waals surface area contributed by atoms with E-state index in [-0.39, 0.29) is 11.3 Å². The maximum absolute atomic E-state index is 14.2. The second-order valence-electron chi connectivity index (χ2n) is 5.91. The Hall–Kier alpha value is -1.69. The van der Waals surface area contributed by atoms with E-state index in [9.17, 15) is 13.2 Å². The molecule has 0 amide bonds. The van der Waals surface area contributed by atoms with Crippen LogP contribution < -0.4 is 4.74 Å². The molecule has 0 radical (unpaired) electrons. The molecule has 0 spiro atoms. The van der Waals surface area contributed by atoms with Gasteiger partial charge in [-0.3, -0.25) is 4.21 Å². The number of allylic oxidation sites excluding steroid dienone is 2. The van der Waals surface area contributed by atoms with Gasteiger partial charge in [0.25, 0.3) is 0 Å². The molecule has 3 nitrogen and oxygen atoms in total. The Kier molecular flexibility index (Phi) is 5.57. The number of hydrogen-bond acceptors (Lipinski definition) is 3. The Balaban J connectivity index is 2.01. The van der Waals surface area contributed by atoms with Crippen LogP contribution in [0.4, 0.5) is 4.39 Å². The molecule has 6 heteroatoms. The summed E-state index contributed by atoms with van der Waals surface area (Å²) in [4.78, 5) is 0. The molecule has 0 bridgehead atoms. The molecule has 2 aromatic rings. The van der Waals surface area contributed by atoms with E-state index in [0.29, 0.717) is 10.8 Å². The summed E-state index contributed by atoms with van der Waals surface area (Å²) in [6, 6.07) is 10.4. The number of benzene rings is 2. The molecular weight excluding hydrogens is 363 g/mol. The van der Waals surface area contributed by atoms with Gasteiger partial charge >= 0.3 is 0 Å². The molecule has 2 aromatic carbocycles. The Morgan fingerprint density at radius 3 is 2.40 bits per heavy atom. The Morgan fingerprint density at radius 1 is 1.16 bits per heavy atom. The molecule has 0 heterocycles. The van der Waals surface area contributed by atoms with Gasteiger partial charge in [-0.15, -0.1) is 0 Å². The van der Waals surface area contributed by atoms with Gasteiger partial charge in [0.2, 0.25) is 0 Å². The van der Waals surface area contributed by atoms with Crippen molar-refractivity contribution >= 4 is 33.8 Å². The average Bonchev–Trinajstić information content (AvgIpc) is 3.06. The summed E-state index contributed by atoms with van der Waals surface area (Å²) >= 11 is 3.79. The van der Waals surface area contributed by atoms with Gasteiger partial charge in [0, 0.05) is 5.75 Å². The van der Waals surface area contributed by atoms with Crippen molar-refractivity contribution in [1.29, 1.82) is 0 Å². The zero-order valence-electron chi connectivity index (χ0n) is 13.7. The lowest BCUT2D eigenvalue weighted by Gasteiger charge is -2.12. The summed E-state index contributed by atoms with van der Waals surface area (Å²) in [6.45, 7) is 0. The van der Waals surface area contributed by atoms with Crippen LogP contribution in [-0.4, -0.2) is 15.9 Å². The van der Waals surface area contributed by atoms with Crippen LogP contribution in [0.3, 0.4) is 0 Å². The third-order valence-corrected chi connectivity index (χ3v) is 5.25. The highest BCUT2D eigenvalue weighted by molar-refractivity contribution is 7.78. The Morgan fingerprint density at radius 2 is 1.80 bits per heavy atom. The molecule has 132 valence electrons. The van der Waals surface area contributed by atoms with Gasteiger partial charge < -0.3 is 9.29 Å². The van der Waals surface area contributed by atoms with Gasteiger partial charge in [-0.25, -0.2) is 4.39 Å². The summed E-state index contributed by atoms with van der Waals surface area (Å²) < 4.78 is 41.1. The van der Waals surface area contributed by atoms with Gasteiger partial charge in [-0.2, -0.15) is 0 Å². The lowest BCUT2D eigenvalue weighted by Crippen LogP contribution is -1.98. The van der Waals surface area contributed by atoms with Crippen LogP contribution in [0.5, 0.6) is 5.75 Å². The lowest BCUT2D eigenvalue weighted by atomic mass is 9.96. The molecular formula is C19H17ClFO3S-. The first-order chi connectivity index (χ1) is 12.0. The first-order valence-corrected chi connectivity index (χ1v) is 9.52. The first-order valence-electron chi connectivity index (χ1n) is 7.90. The number of rotatable bonds is 5. The number of methoxy groups -OCH3 is 1. The zero-order chi connectivity index (χ0) is 18.0. The van der Waals surface area contributed by atoms with Crippen LogP contribution in [-0.2, 0) is 16.8 Å². The van der Waals surface area contributed by atoms with Crippen molar-refractivity contribution in [3.8, 4) is 5.75 Å². The van der Waals surface area contributed by atoms with Gasteiger partial charge in [0.05, 0.1) is 12.1 Å². The molecule has 0 aliphatic heterocycles. The summed E-state index contributed by atoms with van der Waals surface area (Å²) in [5, 5.41) is 0.549. The fourth-order valence-electron chi connectivity index (χ4n) is 3.21. The minimum Gasteiger partial charge on any atom is -0.772 e. The molecule has 0 aromatic heterocycles. The standard InChI is InChI=1S/C19H18ClFO3S/c1-24-19-10-13(7-8-17(19)20)16-4-2-3-15(16)12-5-6-14(11-25(22)23)18(21)9-12/h5-10H,2-4,11H2,1H3,(H,22,23)/p-1. The SMILES string of the molecule is COc1cc(C2=C(c3ccc(CS(=O)[O-])c(F)c3)CCC2)ccc1Cl. The third kappa shape index (κ3) is 3.94. The minimum atomic E-state index is -2.31. The molecule has 1 aliphatic carbocycles. The number of halogens is 2. The minimum absolute atomic E-state index is 0.186. The monoisotopic (exact) mass is 379 g/mol. The van der Waals surface area contributed by atoms with Crippen molar-refractivity contribution in [3.05, 3.63) is 63.9 Å². The zero-order valence-corrected chi connectivity index (χ0v) is 15.3. The molecule has 0 fully saturated rings. The normalized spacial score (nSPS) is 15.5. The van der Waals surface area contributed by atoms with E-state index in [1.165, 1.54) is 6.07 Å². The summed E-state index contributed by atoms with van der Waals surface area (Å²) in [6.07, 6.45) is 2.74. The highest BCUT2D eigenvalue weighted by Crippen LogP contribution is 2.41. The van der Waals surface area contributed by atoms with Crippen LogP contribution >= 0.6 is 11.6 Å². The molecule has 0 saturated carbocycles. The number of ether oxygens (including phenoxy) is 1. The van der Waals surface area contributed by atoms with Crippen LogP contribution in [0.1, 0.15) is 36.0 Å². The molecule has 0 saturated heterocycles. The molecule has 3 rings (SSSR count). The predicted molar refractivity (Wildman–Crippen MR) is 97.7 cm³/mol. The van der Waals surface area contributed by atoms with Gasteiger partial charge in [0.1, 0.15) is 11.6 Å². The molecule has 1 unspecified atom stereocenters. The largest absolute Gasteiger partial charge is 0.772 e. The summed E-state index contributed by atoms with van der Waals surface area (Å²) in [5.41, 5.74) is 4.22. The number of hydrogen-bond donors (Lipinski definition) is 0. The Labute approximate surface area is 153 Å². The summed E-state index contributed by atoms with van der Waals surface area (Å²) in [7, 11) is 1.57. The van der Waals surface area contributed by atoms with Crippen molar-refractivity contribution < 1.29 is 17.9 Å². The third-order valence-electron chi connectivity index (χ3n) is 4.39. The molecule has 25 heavy (non-hydrogen) atoms. The second-order valence-corrected chi connectivity index (χ2v) is 7.22. The van der Waals surface area contributed by atoms with E-state index in [4.69, 9.17) is 16.3 Å². The summed E-state index contributed by atoms with van der Waals surface area (Å²) in [5.74, 6) is -0.196. The van der Waals surface area contributed by atoms with Crippen molar-refractivity contribution in [3.63, 3.8) is 0 Å². The molecule has 0 N–H and O–H groups in total. The quantitative estimate of drug-likeness (QED) is 0.690. The van der Waals surface area contributed by atoms with Crippen LogP contribution in [0, 0.1) is 5.82 Å². The van der Waals surface area contributed by atoms with Crippen molar-refractivity contribution in [2.75, 3.05) is 7.11 Å². The second kappa shape index (κ2) is 7.68. The van der Waals surface area contributed by atoms with Gasteiger partial charge in [-0.1, -0.05) is 40.9 Å². The van der Waals surface area contributed by atoms with Gasteiger partial charge in [-0.05, 0) is 65.3 Å². The van der Waals surface area contributed by atoms with Crippen LogP contribution in [0.25, 0.3) is 11.1 Å². The van der Waals surface area contributed by atoms with Crippen LogP contribution in [0.15, 0.2) is 36.4 Å². The first kappa shape index (κ1) is 18.1. The van der Waals surface area contributed by atoms with Crippen molar-refractivity contribution in [1.82, 2.24) is 0 Å². The fourth-order valence-corrected chi connectivity index (χ4v) is 3.89. The molecule has 1 aliphatic rings. The van der Waals surface area contributed by atoms with Gasteiger partial charge in [0.15, 0.2) is 0 Å². The van der Waals surface area contributed by atoms with Crippen molar-refractivity contribution in [2.45, 2.75) is 25.0 Å². The lowest BCUT2D eigenvalue weighted by molar-refractivity contribution is 0.415. The van der Waals surface area contributed by atoms with E-state index < -0.39 is 16.9 Å². The highest BCUT2D eigenvalue weighted by Gasteiger charge is 2.19. The van der Waals surface area contributed by atoms with E-state index in [1.54, 1.807) is 25.3 Å². The fraction of sp³-hybridized carbons (Fsp3) is 0.263.